The number of nitrogens with one attached hydrogen (secondary N) is 1. The monoisotopic (exact) mass is 346 g/mol. The molecule has 0 saturated heterocycles. The predicted molar refractivity (Wildman–Crippen MR) is 101 cm³/mol. The highest BCUT2D eigenvalue weighted by atomic mass is 16.2. The van der Waals surface area contributed by atoms with Gasteiger partial charge in [0.15, 0.2) is 17.3 Å². The standard InChI is InChI=1S/C20H18N4O2/c1-14(25)15-8-10-16(11-9-15)21-20(26)18-12-13-19(23-22-18)24(2)17-6-4-3-5-7-17/h3-13H,1-2H3,(H,21,26). The molecule has 0 unspecified atom stereocenters. The first-order chi connectivity index (χ1) is 12.5. The largest absolute Gasteiger partial charge is 0.328 e. The van der Waals surface area contributed by atoms with Crippen molar-refractivity contribution in [2.45, 2.75) is 6.92 Å². The Balaban J connectivity index is 1.69. The van der Waals surface area contributed by atoms with Crippen LogP contribution < -0.4 is 10.2 Å². The van der Waals surface area contributed by atoms with E-state index in [1.165, 1.54) is 6.92 Å². The average molecular weight is 346 g/mol. The topological polar surface area (TPSA) is 75.2 Å². The molecule has 0 radical (unpaired) electrons. The van der Waals surface area contributed by atoms with E-state index in [1.54, 1.807) is 36.4 Å². The third-order valence-electron chi connectivity index (χ3n) is 3.92. The van der Waals surface area contributed by atoms with Gasteiger partial charge in [0, 0.05) is 24.0 Å². The maximum atomic E-state index is 12.3. The van der Waals surface area contributed by atoms with Crippen molar-refractivity contribution in [3.05, 3.63) is 78.0 Å². The summed E-state index contributed by atoms with van der Waals surface area (Å²) in [6.07, 6.45) is 0. The molecule has 130 valence electrons. The van der Waals surface area contributed by atoms with Crippen molar-refractivity contribution in [2.75, 3.05) is 17.3 Å². The van der Waals surface area contributed by atoms with Crippen molar-refractivity contribution in [1.82, 2.24) is 10.2 Å². The van der Waals surface area contributed by atoms with Gasteiger partial charge in [0.25, 0.3) is 5.91 Å². The third-order valence-corrected chi connectivity index (χ3v) is 3.92. The lowest BCUT2D eigenvalue weighted by molar-refractivity contribution is 0.101. The van der Waals surface area contributed by atoms with Crippen molar-refractivity contribution in [2.24, 2.45) is 0 Å². The van der Waals surface area contributed by atoms with Crippen LogP contribution in [-0.4, -0.2) is 28.9 Å². The summed E-state index contributed by atoms with van der Waals surface area (Å²) >= 11 is 0. The number of amides is 1. The van der Waals surface area contributed by atoms with Crippen LogP contribution in [0.15, 0.2) is 66.7 Å². The zero-order chi connectivity index (χ0) is 18.5. The Bertz CT molecular complexity index is 907. The Labute approximate surface area is 151 Å². The van der Waals surface area contributed by atoms with Crippen LogP contribution in [0.2, 0.25) is 0 Å². The van der Waals surface area contributed by atoms with E-state index >= 15 is 0 Å². The molecule has 1 N–H and O–H groups in total. The van der Waals surface area contributed by atoms with Crippen LogP contribution in [-0.2, 0) is 0 Å². The molecule has 0 spiro atoms. The zero-order valence-electron chi connectivity index (χ0n) is 14.5. The van der Waals surface area contributed by atoms with Crippen LogP contribution >= 0.6 is 0 Å². The number of anilines is 3. The van der Waals surface area contributed by atoms with E-state index < -0.39 is 0 Å². The predicted octanol–water partition coefficient (Wildman–Crippen LogP) is 3.70. The van der Waals surface area contributed by atoms with E-state index in [0.717, 1.165) is 5.69 Å². The summed E-state index contributed by atoms with van der Waals surface area (Å²) in [5, 5.41) is 10.9. The minimum absolute atomic E-state index is 0.0214. The van der Waals surface area contributed by atoms with Crippen molar-refractivity contribution in [3.8, 4) is 0 Å². The Morgan fingerprint density at radius 3 is 2.15 bits per heavy atom. The van der Waals surface area contributed by atoms with Crippen LogP contribution in [0.3, 0.4) is 0 Å². The second-order valence-electron chi connectivity index (χ2n) is 5.76. The smallest absolute Gasteiger partial charge is 0.276 e. The van der Waals surface area contributed by atoms with Gasteiger partial charge in [-0.05, 0) is 55.5 Å². The lowest BCUT2D eigenvalue weighted by Crippen LogP contribution is -2.16. The van der Waals surface area contributed by atoms with E-state index in [-0.39, 0.29) is 17.4 Å². The molecule has 3 aromatic rings. The average Bonchev–Trinajstić information content (AvgIpc) is 2.68. The quantitative estimate of drug-likeness (QED) is 0.713. The SMILES string of the molecule is CC(=O)c1ccc(NC(=O)c2ccc(N(C)c3ccccc3)nn2)cc1. The Morgan fingerprint density at radius 2 is 1.58 bits per heavy atom. The molecule has 0 atom stereocenters. The van der Waals surface area contributed by atoms with Gasteiger partial charge in [0.2, 0.25) is 0 Å². The highest BCUT2D eigenvalue weighted by molar-refractivity contribution is 6.03. The second-order valence-corrected chi connectivity index (χ2v) is 5.76. The Hall–Kier alpha value is -3.54. The molecule has 6 nitrogen and oxygen atoms in total. The number of benzene rings is 2. The number of carbonyl (C=O) groups excluding carboxylic acids is 2. The number of para-hydroxylation sites is 1. The summed E-state index contributed by atoms with van der Waals surface area (Å²) in [6, 6.07) is 19.8. The zero-order valence-corrected chi connectivity index (χ0v) is 14.5. The maximum Gasteiger partial charge on any atom is 0.276 e. The van der Waals surface area contributed by atoms with E-state index in [0.29, 0.717) is 17.1 Å². The van der Waals surface area contributed by atoms with Crippen LogP contribution in [0, 0.1) is 0 Å². The number of Topliss-reactive ketones (excluding diaryl/α,β-unsaturated/α-hetero) is 1. The molecule has 0 aliphatic heterocycles. The van der Waals surface area contributed by atoms with Gasteiger partial charge in [-0.25, -0.2) is 0 Å². The minimum Gasteiger partial charge on any atom is -0.328 e. The number of hydrogen-bond donors (Lipinski definition) is 1. The fourth-order valence-electron chi connectivity index (χ4n) is 2.39. The molecule has 1 heterocycles. The van der Waals surface area contributed by atoms with Crippen molar-refractivity contribution in [1.29, 1.82) is 0 Å². The molecule has 1 aromatic heterocycles. The Morgan fingerprint density at radius 1 is 0.885 bits per heavy atom. The van der Waals surface area contributed by atoms with E-state index in [1.807, 2.05) is 42.3 Å². The molecule has 0 saturated carbocycles. The van der Waals surface area contributed by atoms with Gasteiger partial charge in [-0.1, -0.05) is 18.2 Å². The number of aromatic nitrogens is 2. The normalized spacial score (nSPS) is 10.2. The molecule has 6 heteroatoms. The summed E-state index contributed by atoms with van der Waals surface area (Å²) in [6.45, 7) is 1.50. The molecular weight excluding hydrogens is 328 g/mol. The van der Waals surface area contributed by atoms with E-state index in [4.69, 9.17) is 0 Å². The van der Waals surface area contributed by atoms with Gasteiger partial charge in [-0.3, -0.25) is 9.59 Å². The highest BCUT2D eigenvalue weighted by Crippen LogP contribution is 2.20. The van der Waals surface area contributed by atoms with Gasteiger partial charge in [0.1, 0.15) is 0 Å². The highest BCUT2D eigenvalue weighted by Gasteiger charge is 2.11. The summed E-state index contributed by atoms with van der Waals surface area (Å²) in [7, 11) is 1.88. The molecule has 0 aliphatic carbocycles. The second kappa shape index (κ2) is 7.57. The molecule has 1 amide bonds. The van der Waals surface area contributed by atoms with Crippen molar-refractivity contribution in [3.63, 3.8) is 0 Å². The number of rotatable bonds is 5. The van der Waals surface area contributed by atoms with Gasteiger partial charge in [-0.2, -0.15) is 0 Å². The van der Waals surface area contributed by atoms with Crippen molar-refractivity contribution < 1.29 is 9.59 Å². The third kappa shape index (κ3) is 3.92. The lowest BCUT2D eigenvalue weighted by Gasteiger charge is -2.17. The molecule has 0 bridgehead atoms. The summed E-state index contributed by atoms with van der Waals surface area (Å²) < 4.78 is 0. The fourth-order valence-corrected chi connectivity index (χ4v) is 2.39. The van der Waals surface area contributed by atoms with Crippen LogP contribution in [0.1, 0.15) is 27.8 Å². The van der Waals surface area contributed by atoms with Gasteiger partial charge in [0.05, 0.1) is 0 Å². The number of nitrogens with zero attached hydrogens (tertiary/aromatic N) is 3. The number of carbonyl (C=O) groups is 2. The number of hydrogen-bond acceptors (Lipinski definition) is 5. The molecule has 2 aromatic carbocycles. The fraction of sp³-hybridized carbons (Fsp3) is 0.100. The molecule has 3 rings (SSSR count). The lowest BCUT2D eigenvalue weighted by atomic mass is 10.1. The van der Waals surface area contributed by atoms with Crippen molar-refractivity contribution >= 4 is 28.9 Å². The summed E-state index contributed by atoms with van der Waals surface area (Å²) in [5.74, 6) is 0.257. The molecule has 26 heavy (non-hydrogen) atoms. The van der Waals surface area contributed by atoms with Crippen LogP contribution in [0.25, 0.3) is 0 Å². The molecular formula is C20H18N4O2. The Kier molecular flexibility index (Phi) is 5.03. The first-order valence-electron chi connectivity index (χ1n) is 8.09. The van der Waals surface area contributed by atoms with Crippen LogP contribution in [0.4, 0.5) is 17.2 Å². The summed E-state index contributed by atoms with van der Waals surface area (Å²) in [4.78, 5) is 25.5. The first-order valence-corrected chi connectivity index (χ1v) is 8.09. The van der Waals surface area contributed by atoms with E-state index in [2.05, 4.69) is 15.5 Å². The maximum absolute atomic E-state index is 12.3. The van der Waals surface area contributed by atoms with Gasteiger partial charge >= 0.3 is 0 Å². The molecule has 0 aliphatic rings. The minimum atomic E-state index is -0.359. The van der Waals surface area contributed by atoms with Gasteiger partial charge in [-0.15, -0.1) is 10.2 Å². The number of ketones is 1. The van der Waals surface area contributed by atoms with E-state index in [9.17, 15) is 9.59 Å². The first kappa shape index (κ1) is 17.3. The van der Waals surface area contributed by atoms with Gasteiger partial charge < -0.3 is 10.2 Å². The summed E-state index contributed by atoms with van der Waals surface area (Å²) in [5.41, 5.74) is 2.37. The van der Waals surface area contributed by atoms with Crippen LogP contribution in [0.5, 0.6) is 0 Å². The molecule has 0 fully saturated rings.